The van der Waals surface area contributed by atoms with E-state index in [4.69, 9.17) is 4.74 Å². The summed E-state index contributed by atoms with van der Waals surface area (Å²) in [7, 11) is 0. The number of unbranched alkanes of at least 4 members (excludes halogenated alkanes) is 6. The van der Waals surface area contributed by atoms with Crippen molar-refractivity contribution in [2.24, 2.45) is 11.3 Å². The molecule has 3 heteroatoms. The maximum atomic E-state index is 12.8. The average molecular weight is 502 g/mol. The Kier molecular flexibility index (Phi) is 11.7. The van der Waals surface area contributed by atoms with Gasteiger partial charge in [0.2, 0.25) is 0 Å². The highest BCUT2D eigenvalue weighted by atomic mass is 16.5. The standard InChI is InChI=1S/C34H47NO2/c1-4-6-7-8-9-10-11-12-28-13-15-29(16-14-28)30-17-19-31(20-18-30)33(36)37-32-21-23-34(26-35,24-22-32)25-27(3)5-2/h13-20,27,32H,4-12,21-25H2,1-3H3. The molecule has 0 bridgehead atoms. The van der Waals surface area contributed by atoms with Gasteiger partial charge in [-0.2, -0.15) is 5.26 Å². The first-order valence-electron chi connectivity index (χ1n) is 14.8. The lowest BCUT2D eigenvalue weighted by Crippen LogP contribution is -2.32. The van der Waals surface area contributed by atoms with Gasteiger partial charge in [-0.25, -0.2) is 4.79 Å². The molecule has 1 aliphatic carbocycles. The second kappa shape index (κ2) is 15.0. The minimum absolute atomic E-state index is 0.0885. The van der Waals surface area contributed by atoms with Gasteiger partial charge in [0, 0.05) is 0 Å². The molecule has 200 valence electrons. The highest BCUT2D eigenvalue weighted by molar-refractivity contribution is 5.90. The summed E-state index contributed by atoms with van der Waals surface area (Å²) >= 11 is 0. The second-order valence-electron chi connectivity index (χ2n) is 11.4. The normalized spacial score (nSPS) is 20.2. The Morgan fingerprint density at radius 2 is 1.49 bits per heavy atom. The van der Waals surface area contributed by atoms with Gasteiger partial charge in [0.15, 0.2) is 0 Å². The molecule has 0 aliphatic heterocycles. The van der Waals surface area contributed by atoms with Crippen LogP contribution in [0, 0.1) is 22.7 Å². The Morgan fingerprint density at radius 1 is 0.919 bits per heavy atom. The maximum absolute atomic E-state index is 12.8. The molecular formula is C34H47NO2. The van der Waals surface area contributed by atoms with Crippen LogP contribution in [0.1, 0.15) is 120 Å². The first-order valence-corrected chi connectivity index (χ1v) is 14.8. The molecule has 37 heavy (non-hydrogen) atoms. The number of rotatable bonds is 14. The molecule has 0 heterocycles. The molecule has 3 nitrogen and oxygen atoms in total. The smallest absolute Gasteiger partial charge is 0.338 e. The molecule has 1 atom stereocenters. The Hall–Kier alpha value is -2.60. The second-order valence-corrected chi connectivity index (χ2v) is 11.4. The van der Waals surface area contributed by atoms with Crippen LogP contribution < -0.4 is 0 Å². The summed E-state index contributed by atoms with van der Waals surface area (Å²) in [5.41, 5.74) is 4.03. The van der Waals surface area contributed by atoms with E-state index in [2.05, 4.69) is 51.1 Å². The van der Waals surface area contributed by atoms with Crippen LogP contribution in [0.3, 0.4) is 0 Å². The Labute approximate surface area is 225 Å². The van der Waals surface area contributed by atoms with Crippen LogP contribution in [-0.2, 0) is 11.2 Å². The topological polar surface area (TPSA) is 50.1 Å². The van der Waals surface area contributed by atoms with Crippen molar-refractivity contribution in [3.05, 3.63) is 59.7 Å². The first kappa shape index (κ1) is 29.0. The molecule has 0 N–H and O–H groups in total. The van der Waals surface area contributed by atoms with E-state index in [-0.39, 0.29) is 17.5 Å². The monoisotopic (exact) mass is 501 g/mol. The van der Waals surface area contributed by atoms with Crippen molar-refractivity contribution >= 4 is 5.97 Å². The number of hydrogen-bond acceptors (Lipinski definition) is 3. The van der Waals surface area contributed by atoms with Gasteiger partial charge < -0.3 is 4.74 Å². The quantitative estimate of drug-likeness (QED) is 0.191. The zero-order valence-corrected chi connectivity index (χ0v) is 23.4. The predicted octanol–water partition coefficient (Wildman–Crippen LogP) is 9.69. The molecule has 0 spiro atoms. The van der Waals surface area contributed by atoms with Crippen molar-refractivity contribution in [1.29, 1.82) is 5.26 Å². The number of ether oxygens (including phenoxy) is 1. The number of carbonyl (C=O) groups excluding carboxylic acids is 1. The molecule has 3 rings (SSSR count). The van der Waals surface area contributed by atoms with Gasteiger partial charge in [-0.05, 0) is 79.7 Å². The van der Waals surface area contributed by atoms with Crippen molar-refractivity contribution in [2.45, 2.75) is 117 Å². The van der Waals surface area contributed by atoms with E-state index in [1.54, 1.807) is 0 Å². The van der Waals surface area contributed by atoms with Gasteiger partial charge >= 0.3 is 5.97 Å². The minimum Gasteiger partial charge on any atom is -0.459 e. The SMILES string of the molecule is CCCCCCCCCc1ccc(-c2ccc(C(=O)OC3CCC(C#N)(CC(C)CC)CC3)cc2)cc1. The fourth-order valence-electron chi connectivity index (χ4n) is 5.60. The molecule has 0 radical (unpaired) electrons. The average Bonchev–Trinajstić information content (AvgIpc) is 2.94. The molecule has 1 saturated carbocycles. The molecule has 1 aliphatic rings. The lowest BCUT2D eigenvalue weighted by Gasteiger charge is -2.36. The fourth-order valence-corrected chi connectivity index (χ4v) is 5.60. The number of carbonyl (C=O) groups is 1. The van der Waals surface area contributed by atoms with E-state index in [0.29, 0.717) is 11.5 Å². The summed E-state index contributed by atoms with van der Waals surface area (Å²) in [6.07, 6.45) is 15.7. The van der Waals surface area contributed by atoms with Crippen LogP contribution in [0.15, 0.2) is 48.5 Å². The van der Waals surface area contributed by atoms with Crippen molar-refractivity contribution in [3.63, 3.8) is 0 Å². The summed E-state index contributed by atoms with van der Waals surface area (Å²) in [5.74, 6) is 0.298. The zero-order chi connectivity index (χ0) is 26.5. The third-order valence-corrected chi connectivity index (χ3v) is 8.31. The molecule has 0 saturated heterocycles. The van der Waals surface area contributed by atoms with Crippen LogP contribution in [-0.4, -0.2) is 12.1 Å². The van der Waals surface area contributed by atoms with Crippen molar-refractivity contribution in [3.8, 4) is 17.2 Å². The highest BCUT2D eigenvalue weighted by Crippen LogP contribution is 2.42. The molecule has 0 amide bonds. The number of esters is 1. The van der Waals surface area contributed by atoms with Crippen molar-refractivity contribution in [2.75, 3.05) is 0 Å². The number of hydrogen-bond donors (Lipinski definition) is 0. The van der Waals surface area contributed by atoms with Crippen LogP contribution in [0.4, 0.5) is 0 Å². The zero-order valence-electron chi connectivity index (χ0n) is 23.4. The van der Waals surface area contributed by atoms with E-state index < -0.39 is 0 Å². The van der Waals surface area contributed by atoms with Crippen LogP contribution >= 0.6 is 0 Å². The maximum Gasteiger partial charge on any atom is 0.338 e. The highest BCUT2D eigenvalue weighted by Gasteiger charge is 2.37. The van der Waals surface area contributed by atoms with Gasteiger partial charge in [-0.15, -0.1) is 0 Å². The Bertz CT molecular complexity index is 978. The Morgan fingerprint density at radius 3 is 2.05 bits per heavy atom. The summed E-state index contributed by atoms with van der Waals surface area (Å²) in [6.45, 7) is 6.67. The third kappa shape index (κ3) is 9.03. The Balaban J connectivity index is 1.45. The van der Waals surface area contributed by atoms with Crippen LogP contribution in [0.25, 0.3) is 11.1 Å². The molecule has 1 unspecified atom stereocenters. The minimum atomic E-state index is -0.257. The van der Waals surface area contributed by atoms with Gasteiger partial charge in [-0.1, -0.05) is 102 Å². The van der Waals surface area contributed by atoms with Crippen molar-refractivity contribution in [1.82, 2.24) is 0 Å². The van der Waals surface area contributed by atoms with Crippen LogP contribution in [0.5, 0.6) is 0 Å². The number of nitriles is 1. The van der Waals surface area contributed by atoms with E-state index >= 15 is 0 Å². The third-order valence-electron chi connectivity index (χ3n) is 8.31. The lowest BCUT2D eigenvalue weighted by atomic mass is 9.69. The van der Waals surface area contributed by atoms with E-state index in [0.717, 1.165) is 50.5 Å². The van der Waals surface area contributed by atoms with E-state index in [9.17, 15) is 10.1 Å². The molecule has 0 aromatic heterocycles. The van der Waals surface area contributed by atoms with Gasteiger partial charge in [0.05, 0.1) is 17.0 Å². The van der Waals surface area contributed by atoms with Gasteiger partial charge in [0.1, 0.15) is 6.10 Å². The predicted molar refractivity (Wildman–Crippen MR) is 153 cm³/mol. The molecular weight excluding hydrogens is 454 g/mol. The molecule has 2 aromatic carbocycles. The molecule has 1 fully saturated rings. The first-order chi connectivity index (χ1) is 18.0. The largest absolute Gasteiger partial charge is 0.459 e. The summed E-state index contributed by atoms with van der Waals surface area (Å²) in [6, 6.07) is 19.2. The summed E-state index contributed by atoms with van der Waals surface area (Å²) in [5, 5.41) is 9.79. The molecule has 2 aromatic rings. The number of nitrogens with zero attached hydrogens (tertiary/aromatic N) is 1. The summed E-state index contributed by atoms with van der Waals surface area (Å²) < 4.78 is 5.83. The van der Waals surface area contributed by atoms with Gasteiger partial charge in [-0.3, -0.25) is 0 Å². The van der Waals surface area contributed by atoms with E-state index in [1.807, 2.05) is 24.3 Å². The van der Waals surface area contributed by atoms with E-state index in [1.165, 1.54) is 56.1 Å². The van der Waals surface area contributed by atoms with Crippen LogP contribution in [0.2, 0.25) is 0 Å². The summed E-state index contributed by atoms with van der Waals surface area (Å²) in [4.78, 5) is 12.8. The van der Waals surface area contributed by atoms with Crippen molar-refractivity contribution < 1.29 is 9.53 Å². The number of aryl methyl sites for hydroxylation is 1. The lowest BCUT2D eigenvalue weighted by molar-refractivity contribution is 0.00923. The van der Waals surface area contributed by atoms with Gasteiger partial charge in [0.25, 0.3) is 0 Å². The number of benzene rings is 2. The fraction of sp³-hybridized carbons (Fsp3) is 0.588.